The van der Waals surface area contributed by atoms with Crippen LogP contribution in [0, 0.1) is 0 Å². The Hall–Kier alpha value is -0.670. The molecule has 54 valence electrons. The summed E-state index contributed by atoms with van der Waals surface area (Å²) < 4.78 is 34.3. The smallest absolute Gasteiger partial charge is 0.395 e. The van der Waals surface area contributed by atoms with Crippen LogP contribution in [0.4, 0.5) is 13.2 Å². The zero-order valence-electron chi connectivity index (χ0n) is 5.00. The van der Waals surface area contributed by atoms with Gasteiger partial charge in [-0.05, 0) is 6.42 Å². The normalized spacial score (nSPS) is 14.0. The Balaban J connectivity index is 4.03. The molecule has 0 aromatic heterocycles. The first kappa shape index (κ1) is 8.33. The highest BCUT2D eigenvalue weighted by Crippen LogP contribution is 2.21. The van der Waals surface area contributed by atoms with Gasteiger partial charge < -0.3 is 5.73 Å². The molecule has 0 spiro atoms. The second kappa shape index (κ2) is 2.75. The highest BCUT2D eigenvalue weighted by Gasteiger charge is 2.30. The fraction of sp³-hybridized carbons (Fsp3) is 0.600. The van der Waals surface area contributed by atoms with Crippen LogP contribution < -0.4 is 5.73 Å². The van der Waals surface area contributed by atoms with E-state index in [1.807, 2.05) is 0 Å². The van der Waals surface area contributed by atoms with E-state index in [0.717, 1.165) is 6.08 Å². The Morgan fingerprint density at radius 1 is 1.56 bits per heavy atom. The van der Waals surface area contributed by atoms with Crippen molar-refractivity contribution in [2.75, 3.05) is 0 Å². The molecule has 0 aliphatic carbocycles. The van der Waals surface area contributed by atoms with E-state index in [2.05, 4.69) is 5.73 Å². The van der Waals surface area contributed by atoms with Crippen molar-refractivity contribution in [3.63, 3.8) is 0 Å². The van der Waals surface area contributed by atoms with Crippen LogP contribution in [-0.4, -0.2) is 6.18 Å². The van der Waals surface area contributed by atoms with Crippen LogP contribution in [0.2, 0.25) is 0 Å². The lowest BCUT2D eigenvalue weighted by Crippen LogP contribution is -2.18. The van der Waals surface area contributed by atoms with Crippen LogP contribution in [0.15, 0.2) is 11.8 Å². The van der Waals surface area contributed by atoms with Crippen molar-refractivity contribution in [1.82, 2.24) is 0 Å². The van der Waals surface area contributed by atoms with Gasteiger partial charge in [0.15, 0.2) is 0 Å². The first-order valence-corrected chi connectivity index (χ1v) is 2.51. The molecule has 9 heavy (non-hydrogen) atoms. The Morgan fingerprint density at radius 2 is 2.00 bits per heavy atom. The molecule has 0 rings (SSSR count). The number of nitrogens with two attached hydrogens (primary N) is 1. The summed E-state index contributed by atoms with van der Waals surface area (Å²) in [6.45, 7) is 1.60. The summed E-state index contributed by atoms with van der Waals surface area (Å²) in [6, 6.07) is 0. The summed E-state index contributed by atoms with van der Waals surface area (Å²) in [6.07, 6.45) is -3.10. The van der Waals surface area contributed by atoms with Crippen LogP contribution in [0.3, 0.4) is 0 Å². The fourth-order valence-electron chi connectivity index (χ4n) is 0.336. The first-order chi connectivity index (χ1) is 3.98. The quantitative estimate of drug-likeness (QED) is 0.589. The van der Waals surface area contributed by atoms with Crippen molar-refractivity contribution in [3.8, 4) is 0 Å². The molecule has 0 fully saturated rings. The number of hydrogen-bond donors (Lipinski definition) is 1. The maximum absolute atomic E-state index is 11.4. The van der Waals surface area contributed by atoms with E-state index in [0.29, 0.717) is 6.42 Å². The number of alkyl halides is 3. The summed E-state index contributed by atoms with van der Waals surface area (Å²) in [5.74, 6) is 0. The van der Waals surface area contributed by atoms with Crippen molar-refractivity contribution in [3.05, 3.63) is 11.8 Å². The number of halogens is 3. The number of allylic oxidation sites excluding steroid dienone is 2. The molecular formula is C5H8F3N. The maximum Gasteiger partial charge on any atom is 0.430 e. The molecule has 0 amide bonds. The standard InChI is InChI=1S/C5H8F3N/c1-2-3-4(9)5(6,7)8/h3H,2,9H2,1H3/b4-3-. The monoisotopic (exact) mass is 139 g/mol. The molecule has 0 aliphatic rings. The van der Waals surface area contributed by atoms with Gasteiger partial charge in [0.2, 0.25) is 0 Å². The van der Waals surface area contributed by atoms with Gasteiger partial charge in [-0.25, -0.2) is 0 Å². The van der Waals surface area contributed by atoms with Crippen molar-refractivity contribution in [2.45, 2.75) is 19.5 Å². The Labute approximate surface area is 51.3 Å². The molecule has 0 radical (unpaired) electrons. The summed E-state index contributed by atoms with van der Waals surface area (Å²) >= 11 is 0. The number of rotatable bonds is 1. The van der Waals surface area contributed by atoms with E-state index in [9.17, 15) is 13.2 Å². The molecule has 0 bridgehead atoms. The Morgan fingerprint density at radius 3 is 2.11 bits per heavy atom. The minimum atomic E-state index is -4.35. The summed E-state index contributed by atoms with van der Waals surface area (Å²) in [4.78, 5) is 0. The topological polar surface area (TPSA) is 26.0 Å². The van der Waals surface area contributed by atoms with Gasteiger partial charge in [-0.15, -0.1) is 0 Å². The lowest BCUT2D eigenvalue weighted by molar-refractivity contribution is -0.0928. The van der Waals surface area contributed by atoms with Gasteiger partial charge in [0.25, 0.3) is 0 Å². The fourth-order valence-corrected chi connectivity index (χ4v) is 0.336. The summed E-state index contributed by atoms with van der Waals surface area (Å²) in [7, 11) is 0. The van der Waals surface area contributed by atoms with Crippen molar-refractivity contribution in [2.24, 2.45) is 5.73 Å². The highest BCUT2D eigenvalue weighted by atomic mass is 19.4. The largest absolute Gasteiger partial charge is 0.430 e. The SMILES string of the molecule is CC/C=C(\N)C(F)(F)F. The zero-order valence-corrected chi connectivity index (χ0v) is 5.00. The van der Waals surface area contributed by atoms with Crippen LogP contribution in [-0.2, 0) is 0 Å². The molecule has 0 aromatic carbocycles. The molecule has 4 heteroatoms. The summed E-state index contributed by atoms with van der Waals surface area (Å²) in [5, 5.41) is 0. The second-order valence-corrected chi connectivity index (χ2v) is 1.57. The van der Waals surface area contributed by atoms with Crippen molar-refractivity contribution in [1.29, 1.82) is 0 Å². The van der Waals surface area contributed by atoms with Gasteiger partial charge in [-0.3, -0.25) is 0 Å². The van der Waals surface area contributed by atoms with Gasteiger partial charge >= 0.3 is 6.18 Å². The van der Waals surface area contributed by atoms with Crippen molar-refractivity contribution < 1.29 is 13.2 Å². The van der Waals surface area contributed by atoms with Crippen molar-refractivity contribution >= 4 is 0 Å². The molecule has 2 N–H and O–H groups in total. The van der Waals surface area contributed by atoms with Crippen LogP contribution >= 0.6 is 0 Å². The predicted molar refractivity (Wildman–Crippen MR) is 28.6 cm³/mol. The molecule has 0 heterocycles. The van der Waals surface area contributed by atoms with E-state index < -0.39 is 11.9 Å². The molecule has 0 saturated heterocycles. The number of hydrogen-bond acceptors (Lipinski definition) is 1. The molecule has 0 aromatic rings. The molecular weight excluding hydrogens is 131 g/mol. The van der Waals surface area contributed by atoms with Gasteiger partial charge in [0, 0.05) is 0 Å². The Kier molecular flexibility index (Phi) is 2.55. The average molecular weight is 139 g/mol. The third kappa shape index (κ3) is 3.00. The maximum atomic E-state index is 11.4. The van der Waals surface area contributed by atoms with Gasteiger partial charge in [-0.1, -0.05) is 13.0 Å². The summed E-state index contributed by atoms with van der Waals surface area (Å²) in [5.41, 5.74) is 3.59. The average Bonchev–Trinajstić information content (AvgIpc) is 1.64. The Bertz CT molecular complexity index is 114. The van der Waals surface area contributed by atoms with E-state index >= 15 is 0 Å². The first-order valence-electron chi connectivity index (χ1n) is 2.51. The second-order valence-electron chi connectivity index (χ2n) is 1.57. The van der Waals surface area contributed by atoms with E-state index in [1.165, 1.54) is 0 Å². The van der Waals surface area contributed by atoms with Gasteiger partial charge in [-0.2, -0.15) is 13.2 Å². The predicted octanol–water partition coefficient (Wildman–Crippen LogP) is 1.80. The molecule has 0 saturated carbocycles. The van der Waals surface area contributed by atoms with Gasteiger partial charge in [0.1, 0.15) is 5.70 Å². The zero-order chi connectivity index (χ0) is 7.49. The lowest BCUT2D eigenvalue weighted by atomic mass is 10.3. The molecule has 1 nitrogen and oxygen atoms in total. The lowest BCUT2D eigenvalue weighted by Gasteiger charge is -2.04. The van der Waals surface area contributed by atoms with E-state index in [1.54, 1.807) is 6.92 Å². The minimum absolute atomic E-state index is 0.311. The molecule has 0 unspecified atom stereocenters. The van der Waals surface area contributed by atoms with E-state index in [-0.39, 0.29) is 0 Å². The van der Waals surface area contributed by atoms with Crippen LogP contribution in [0.5, 0.6) is 0 Å². The third-order valence-corrected chi connectivity index (χ3v) is 0.751. The highest BCUT2D eigenvalue weighted by molar-refractivity contribution is 5.02. The van der Waals surface area contributed by atoms with Crippen LogP contribution in [0.1, 0.15) is 13.3 Å². The van der Waals surface area contributed by atoms with Gasteiger partial charge in [0.05, 0.1) is 0 Å². The van der Waals surface area contributed by atoms with Crippen LogP contribution in [0.25, 0.3) is 0 Å². The molecule has 0 aliphatic heterocycles. The van der Waals surface area contributed by atoms with E-state index in [4.69, 9.17) is 0 Å². The third-order valence-electron chi connectivity index (χ3n) is 0.751. The molecule has 0 atom stereocenters. The minimum Gasteiger partial charge on any atom is -0.395 e.